The molecule has 12 nitrogen and oxygen atoms in total. The predicted molar refractivity (Wildman–Crippen MR) is 128 cm³/mol. The van der Waals surface area contributed by atoms with Crippen molar-refractivity contribution in [2.75, 3.05) is 24.1 Å². The van der Waals surface area contributed by atoms with Crippen LogP contribution in [0.5, 0.6) is 0 Å². The molecule has 12 heteroatoms. The molecule has 5 rings (SSSR count). The molecule has 182 valence electrons. The van der Waals surface area contributed by atoms with Crippen LogP contribution in [0.25, 0.3) is 22.1 Å². The summed E-state index contributed by atoms with van der Waals surface area (Å²) >= 11 is 0. The maximum absolute atomic E-state index is 13.3. The monoisotopic (exact) mass is 478 g/mol. The smallest absolute Gasteiger partial charge is 0.407 e. The van der Waals surface area contributed by atoms with Crippen molar-refractivity contribution in [2.24, 2.45) is 0 Å². The number of para-hydroxylation sites is 2. The van der Waals surface area contributed by atoms with Crippen LogP contribution in [0.1, 0.15) is 56.0 Å². The fourth-order valence-corrected chi connectivity index (χ4v) is 4.22. The molecule has 3 aromatic heterocycles. The minimum Gasteiger partial charge on any atom is -0.465 e. The van der Waals surface area contributed by atoms with E-state index in [4.69, 9.17) is 15.1 Å². The molecule has 0 unspecified atom stereocenters. The van der Waals surface area contributed by atoms with E-state index in [-0.39, 0.29) is 30.1 Å². The Morgan fingerprint density at radius 2 is 1.97 bits per heavy atom. The third kappa shape index (κ3) is 4.11. The third-order valence-electron chi connectivity index (χ3n) is 5.99. The van der Waals surface area contributed by atoms with E-state index in [0.29, 0.717) is 47.3 Å². The predicted octanol–water partition coefficient (Wildman–Crippen LogP) is 3.41. The summed E-state index contributed by atoms with van der Waals surface area (Å²) in [6, 6.07) is 6.87. The zero-order valence-electron chi connectivity index (χ0n) is 19.6. The number of amides is 2. The molecule has 0 bridgehead atoms. The maximum atomic E-state index is 13.3. The van der Waals surface area contributed by atoms with Gasteiger partial charge >= 0.3 is 12.1 Å². The normalized spacial score (nSPS) is 16.7. The lowest BCUT2D eigenvalue weighted by Crippen LogP contribution is -2.40. The quantitative estimate of drug-likeness (QED) is 0.400. The molecular weight excluding hydrogens is 452 g/mol. The number of nitrogens with two attached hydrogens (primary N) is 1. The standard InChI is InChI=1S/C23H26N8O4/c1-23(2,3)20-26-17(24)15-16(19(32)28-21-25-13-8-4-5-9-14(13)35-21)29-31(18(15)27-20)12-7-6-10-30(11-12)22(33)34/h4-5,8-9,12H,6-7,10-11H2,1-3H3,(H,33,34)(H2,24,26,27)(H,25,28,32)/t12-/m1/s1. The van der Waals surface area contributed by atoms with Crippen LogP contribution in [0.15, 0.2) is 28.7 Å². The highest BCUT2D eigenvalue weighted by molar-refractivity contribution is 6.12. The zero-order valence-corrected chi connectivity index (χ0v) is 19.6. The van der Waals surface area contributed by atoms with Crippen LogP contribution in [-0.4, -0.2) is 59.8 Å². The largest absolute Gasteiger partial charge is 0.465 e. The van der Waals surface area contributed by atoms with E-state index >= 15 is 0 Å². The summed E-state index contributed by atoms with van der Waals surface area (Å²) < 4.78 is 7.23. The summed E-state index contributed by atoms with van der Waals surface area (Å²) in [5, 5.41) is 17.0. The number of anilines is 2. The molecule has 0 saturated carbocycles. The number of nitrogen functional groups attached to an aromatic ring is 1. The lowest BCUT2D eigenvalue weighted by atomic mass is 9.95. The van der Waals surface area contributed by atoms with Gasteiger partial charge < -0.3 is 20.2 Å². The second kappa shape index (κ2) is 8.22. The van der Waals surface area contributed by atoms with Crippen molar-refractivity contribution in [3.05, 3.63) is 35.8 Å². The number of fused-ring (bicyclic) bond motifs is 2. The van der Waals surface area contributed by atoms with Crippen LogP contribution in [0, 0.1) is 0 Å². The second-order valence-corrected chi connectivity index (χ2v) is 9.64. The number of rotatable bonds is 3. The number of likely N-dealkylation sites (tertiary alicyclic amines) is 1. The molecule has 35 heavy (non-hydrogen) atoms. The highest BCUT2D eigenvalue weighted by Crippen LogP contribution is 2.32. The highest BCUT2D eigenvalue weighted by atomic mass is 16.4. The fraction of sp³-hybridized carbons (Fsp3) is 0.391. The SMILES string of the molecule is CC(C)(C)c1nc(N)c2c(C(=O)Nc3nc4ccccc4o3)nn([C@@H]3CCCN(C(=O)O)C3)c2n1. The van der Waals surface area contributed by atoms with Crippen LogP contribution >= 0.6 is 0 Å². The van der Waals surface area contributed by atoms with Gasteiger partial charge in [-0.1, -0.05) is 32.9 Å². The molecule has 4 heterocycles. The Bertz CT molecular complexity index is 1420. The molecule has 2 amide bonds. The van der Waals surface area contributed by atoms with E-state index in [1.165, 1.54) is 4.90 Å². The van der Waals surface area contributed by atoms with Crippen molar-refractivity contribution >= 4 is 46.0 Å². The van der Waals surface area contributed by atoms with Gasteiger partial charge in [0.25, 0.3) is 5.91 Å². The molecule has 0 radical (unpaired) electrons. The molecular formula is C23H26N8O4. The van der Waals surface area contributed by atoms with Gasteiger partial charge in [-0.05, 0) is 25.0 Å². The van der Waals surface area contributed by atoms with Crippen LogP contribution in [0.3, 0.4) is 0 Å². The maximum Gasteiger partial charge on any atom is 0.407 e. The van der Waals surface area contributed by atoms with Gasteiger partial charge in [-0.25, -0.2) is 19.4 Å². The van der Waals surface area contributed by atoms with E-state index in [0.717, 1.165) is 0 Å². The number of benzene rings is 1. The number of nitrogens with zero attached hydrogens (tertiary/aromatic N) is 6. The number of hydrogen-bond donors (Lipinski definition) is 3. The van der Waals surface area contributed by atoms with Crippen LogP contribution in [0.2, 0.25) is 0 Å². The van der Waals surface area contributed by atoms with Crippen LogP contribution < -0.4 is 11.1 Å². The highest BCUT2D eigenvalue weighted by Gasteiger charge is 2.32. The lowest BCUT2D eigenvalue weighted by Gasteiger charge is -2.31. The van der Waals surface area contributed by atoms with Crippen molar-refractivity contribution < 1.29 is 19.1 Å². The first-order valence-electron chi connectivity index (χ1n) is 11.3. The van der Waals surface area contributed by atoms with E-state index in [1.807, 2.05) is 32.9 Å². The molecule has 4 aromatic rings. The summed E-state index contributed by atoms with van der Waals surface area (Å²) in [5.74, 6) is 0.0465. The van der Waals surface area contributed by atoms with Gasteiger partial charge in [-0.2, -0.15) is 10.1 Å². The summed E-state index contributed by atoms with van der Waals surface area (Å²) in [6.45, 7) is 6.55. The minimum atomic E-state index is -0.996. The lowest BCUT2D eigenvalue weighted by molar-refractivity contribution is 0.101. The number of nitrogens with one attached hydrogen (secondary N) is 1. The average Bonchev–Trinajstić information content (AvgIpc) is 3.40. The van der Waals surface area contributed by atoms with E-state index in [2.05, 4.69) is 20.4 Å². The third-order valence-corrected chi connectivity index (χ3v) is 5.99. The van der Waals surface area contributed by atoms with Crippen molar-refractivity contribution in [3.63, 3.8) is 0 Å². The van der Waals surface area contributed by atoms with Gasteiger partial charge in [0.15, 0.2) is 16.9 Å². The fourth-order valence-electron chi connectivity index (χ4n) is 4.22. The Kier molecular flexibility index (Phi) is 5.30. The number of carboxylic acid groups (broad SMARTS) is 1. The molecule has 1 aliphatic heterocycles. The van der Waals surface area contributed by atoms with Gasteiger partial charge in [-0.3, -0.25) is 10.1 Å². The summed E-state index contributed by atoms with van der Waals surface area (Å²) in [5.41, 5.74) is 7.48. The average molecular weight is 479 g/mol. The molecule has 1 aromatic carbocycles. The number of piperidine rings is 1. The number of carbonyl (C=O) groups is 2. The van der Waals surface area contributed by atoms with Crippen molar-refractivity contribution in [1.82, 2.24) is 29.6 Å². The minimum absolute atomic E-state index is 0.0210. The van der Waals surface area contributed by atoms with Crippen LogP contribution in [0.4, 0.5) is 16.6 Å². The number of aromatic nitrogens is 5. The molecule has 1 aliphatic rings. The van der Waals surface area contributed by atoms with Crippen molar-refractivity contribution in [2.45, 2.75) is 45.1 Å². The van der Waals surface area contributed by atoms with Gasteiger partial charge in [0.05, 0.1) is 11.4 Å². The summed E-state index contributed by atoms with van der Waals surface area (Å²) in [7, 11) is 0. The topological polar surface area (TPSA) is 165 Å². The van der Waals surface area contributed by atoms with Gasteiger partial charge in [-0.15, -0.1) is 0 Å². The summed E-state index contributed by atoms with van der Waals surface area (Å²) in [4.78, 5) is 39.7. The Hall–Kier alpha value is -4.22. The van der Waals surface area contributed by atoms with Crippen molar-refractivity contribution in [3.8, 4) is 0 Å². The van der Waals surface area contributed by atoms with Crippen LogP contribution in [-0.2, 0) is 5.41 Å². The molecule has 1 fully saturated rings. The molecule has 1 atom stereocenters. The van der Waals surface area contributed by atoms with Gasteiger partial charge in [0.2, 0.25) is 0 Å². The Morgan fingerprint density at radius 1 is 1.20 bits per heavy atom. The van der Waals surface area contributed by atoms with Gasteiger partial charge in [0, 0.05) is 18.5 Å². The Labute approximate surface area is 200 Å². The first kappa shape index (κ1) is 22.6. The molecule has 0 spiro atoms. The summed E-state index contributed by atoms with van der Waals surface area (Å²) in [6.07, 6.45) is 0.348. The van der Waals surface area contributed by atoms with Gasteiger partial charge in [0.1, 0.15) is 17.2 Å². The Balaban J connectivity index is 1.60. The molecule has 0 aliphatic carbocycles. The number of carbonyl (C=O) groups excluding carboxylic acids is 1. The molecule has 1 saturated heterocycles. The molecule has 4 N–H and O–H groups in total. The number of oxazole rings is 1. The van der Waals surface area contributed by atoms with E-state index in [9.17, 15) is 14.7 Å². The first-order valence-corrected chi connectivity index (χ1v) is 11.3. The van der Waals surface area contributed by atoms with E-state index < -0.39 is 17.4 Å². The second-order valence-electron chi connectivity index (χ2n) is 9.64. The van der Waals surface area contributed by atoms with E-state index in [1.54, 1.807) is 16.8 Å². The zero-order chi connectivity index (χ0) is 24.9. The van der Waals surface area contributed by atoms with Crippen molar-refractivity contribution in [1.29, 1.82) is 0 Å². The Morgan fingerprint density at radius 3 is 2.69 bits per heavy atom. The first-order chi connectivity index (χ1) is 16.6. The number of hydrogen-bond acceptors (Lipinski definition) is 8.